The van der Waals surface area contributed by atoms with Crippen molar-refractivity contribution >= 4 is 5.78 Å². The number of hydrogen-bond acceptors (Lipinski definition) is 2. The molecule has 3 saturated carbocycles. The number of aliphatic hydroxyl groups excluding tert-OH is 1. The van der Waals surface area contributed by atoms with Crippen molar-refractivity contribution in [3.05, 3.63) is 58.2 Å². The quantitative estimate of drug-likeness (QED) is 0.659. The standard InChI is InChI=1S/C28H34O2/c1-27(13-14-27)19-6-3-17(4-7-19)23-16-28(2)24(11-12-25(28)30)22-9-5-18-15-20(29)8-10-21(18)26(22)23/h3-4,6-7,15,22-25,30H,5,8-14,16H2,1-2H3. The van der Waals surface area contributed by atoms with Crippen LogP contribution in [0.25, 0.3) is 0 Å². The third-order valence-corrected chi connectivity index (χ3v) is 9.69. The first-order valence-corrected chi connectivity index (χ1v) is 12.1. The summed E-state index contributed by atoms with van der Waals surface area (Å²) in [6.45, 7) is 4.74. The fourth-order valence-electron chi connectivity index (χ4n) is 7.53. The lowest BCUT2D eigenvalue weighted by Gasteiger charge is -2.52. The summed E-state index contributed by atoms with van der Waals surface area (Å²) in [5, 5.41) is 11.0. The van der Waals surface area contributed by atoms with E-state index in [9.17, 15) is 9.90 Å². The van der Waals surface area contributed by atoms with E-state index in [2.05, 4.69) is 38.1 Å². The Morgan fingerprint density at radius 1 is 0.967 bits per heavy atom. The second-order valence-electron chi connectivity index (χ2n) is 11.4. The molecule has 0 saturated heterocycles. The summed E-state index contributed by atoms with van der Waals surface area (Å²) in [5.41, 5.74) is 7.80. The van der Waals surface area contributed by atoms with Crippen LogP contribution in [0, 0.1) is 17.3 Å². The molecule has 158 valence electrons. The zero-order valence-corrected chi connectivity index (χ0v) is 18.4. The van der Waals surface area contributed by atoms with Gasteiger partial charge in [0.15, 0.2) is 5.78 Å². The summed E-state index contributed by atoms with van der Waals surface area (Å²) in [6.07, 6.45) is 11.3. The Labute approximate surface area is 180 Å². The van der Waals surface area contributed by atoms with Crippen molar-refractivity contribution in [1.29, 1.82) is 0 Å². The van der Waals surface area contributed by atoms with Crippen LogP contribution in [-0.2, 0) is 10.2 Å². The minimum atomic E-state index is -0.175. The number of carbonyl (C=O) groups is 1. The highest BCUT2D eigenvalue weighted by Crippen LogP contribution is 2.63. The van der Waals surface area contributed by atoms with Gasteiger partial charge in [-0.15, -0.1) is 0 Å². The maximum Gasteiger partial charge on any atom is 0.156 e. The number of rotatable bonds is 2. The fourth-order valence-corrected chi connectivity index (χ4v) is 7.53. The molecule has 0 amide bonds. The zero-order valence-electron chi connectivity index (χ0n) is 18.4. The zero-order chi connectivity index (χ0) is 20.7. The molecule has 6 rings (SSSR count). The monoisotopic (exact) mass is 402 g/mol. The Kier molecular flexibility index (Phi) is 4.08. The Hall–Kier alpha value is -1.67. The normalized spacial score (nSPS) is 39.2. The molecule has 2 nitrogen and oxygen atoms in total. The molecule has 3 fully saturated rings. The smallest absolute Gasteiger partial charge is 0.156 e. The van der Waals surface area contributed by atoms with E-state index in [0.29, 0.717) is 35.4 Å². The molecular formula is C28H34O2. The lowest BCUT2D eigenvalue weighted by molar-refractivity contribution is -0.114. The van der Waals surface area contributed by atoms with Crippen molar-refractivity contribution < 1.29 is 9.90 Å². The van der Waals surface area contributed by atoms with Crippen LogP contribution in [0.1, 0.15) is 88.7 Å². The van der Waals surface area contributed by atoms with Gasteiger partial charge in [-0.2, -0.15) is 0 Å². The van der Waals surface area contributed by atoms with Crippen molar-refractivity contribution in [3.63, 3.8) is 0 Å². The lowest BCUT2D eigenvalue weighted by Crippen LogP contribution is -2.45. The minimum Gasteiger partial charge on any atom is -0.393 e. The highest BCUT2D eigenvalue weighted by atomic mass is 16.3. The summed E-state index contributed by atoms with van der Waals surface area (Å²) in [5.74, 6) is 1.86. The van der Waals surface area contributed by atoms with E-state index >= 15 is 0 Å². The number of carbonyl (C=O) groups excluding carboxylic acids is 1. The van der Waals surface area contributed by atoms with Gasteiger partial charge < -0.3 is 5.11 Å². The molecule has 30 heavy (non-hydrogen) atoms. The average Bonchev–Trinajstić information content (AvgIpc) is 3.43. The highest BCUT2D eigenvalue weighted by Gasteiger charge is 2.56. The van der Waals surface area contributed by atoms with Crippen LogP contribution in [0.4, 0.5) is 0 Å². The van der Waals surface area contributed by atoms with E-state index in [-0.39, 0.29) is 11.5 Å². The van der Waals surface area contributed by atoms with Gasteiger partial charge in [-0.05, 0) is 102 Å². The number of aliphatic hydroxyl groups is 1. The molecule has 0 heterocycles. The molecule has 2 heteroatoms. The van der Waals surface area contributed by atoms with Crippen molar-refractivity contribution in [2.75, 3.05) is 0 Å². The van der Waals surface area contributed by atoms with Gasteiger partial charge >= 0.3 is 0 Å². The molecule has 1 aromatic rings. The topological polar surface area (TPSA) is 37.3 Å². The first-order chi connectivity index (χ1) is 14.4. The van der Waals surface area contributed by atoms with Crippen molar-refractivity contribution in [2.24, 2.45) is 17.3 Å². The van der Waals surface area contributed by atoms with Crippen LogP contribution in [0.2, 0.25) is 0 Å². The number of ketones is 1. The molecule has 5 unspecified atom stereocenters. The molecule has 0 aromatic heterocycles. The van der Waals surface area contributed by atoms with E-state index < -0.39 is 0 Å². The van der Waals surface area contributed by atoms with Crippen molar-refractivity contribution in [1.82, 2.24) is 0 Å². The molecule has 0 aliphatic heterocycles. The molecule has 1 aromatic carbocycles. The SMILES string of the molecule is CC1(c2ccc(C3CC4(C)C(O)CCC4C4CCC5=CC(=O)CCC5=C34)cc2)CC1. The fraction of sp³-hybridized carbons (Fsp3) is 0.607. The Morgan fingerprint density at radius 3 is 2.47 bits per heavy atom. The van der Waals surface area contributed by atoms with Gasteiger partial charge in [-0.1, -0.05) is 43.7 Å². The van der Waals surface area contributed by atoms with Gasteiger partial charge in [-0.25, -0.2) is 0 Å². The summed E-state index contributed by atoms with van der Waals surface area (Å²) < 4.78 is 0. The summed E-state index contributed by atoms with van der Waals surface area (Å²) in [6, 6.07) is 9.49. The van der Waals surface area contributed by atoms with Gasteiger partial charge in [0.25, 0.3) is 0 Å². The van der Waals surface area contributed by atoms with Crippen LogP contribution in [0.5, 0.6) is 0 Å². The average molecular weight is 403 g/mol. The van der Waals surface area contributed by atoms with Crippen LogP contribution in [0.3, 0.4) is 0 Å². The minimum absolute atomic E-state index is 0.0201. The summed E-state index contributed by atoms with van der Waals surface area (Å²) in [4.78, 5) is 12.1. The predicted molar refractivity (Wildman–Crippen MR) is 119 cm³/mol. The number of fused-ring (bicyclic) bond motifs is 4. The number of benzene rings is 1. The first-order valence-electron chi connectivity index (χ1n) is 12.1. The number of hydrogen-bond donors (Lipinski definition) is 1. The second kappa shape index (κ2) is 6.42. The predicted octanol–water partition coefficient (Wildman–Crippen LogP) is 6.00. The molecular weight excluding hydrogens is 368 g/mol. The maximum absolute atomic E-state index is 12.1. The van der Waals surface area contributed by atoms with Crippen LogP contribution < -0.4 is 0 Å². The van der Waals surface area contributed by atoms with E-state index in [4.69, 9.17) is 0 Å². The van der Waals surface area contributed by atoms with Gasteiger partial charge in [0.05, 0.1) is 6.10 Å². The highest BCUT2D eigenvalue weighted by molar-refractivity contribution is 5.93. The van der Waals surface area contributed by atoms with Gasteiger partial charge in [-0.3, -0.25) is 4.79 Å². The molecule has 0 radical (unpaired) electrons. The van der Waals surface area contributed by atoms with Crippen LogP contribution in [-0.4, -0.2) is 17.0 Å². The second-order valence-corrected chi connectivity index (χ2v) is 11.4. The number of allylic oxidation sites excluding steroid dienone is 4. The van der Waals surface area contributed by atoms with E-state index in [1.807, 2.05) is 6.08 Å². The third-order valence-electron chi connectivity index (χ3n) is 9.69. The molecule has 5 aliphatic carbocycles. The Bertz CT molecular complexity index is 961. The maximum atomic E-state index is 12.1. The largest absolute Gasteiger partial charge is 0.393 e. The lowest BCUT2D eigenvalue weighted by atomic mass is 9.53. The molecule has 0 bridgehead atoms. The summed E-state index contributed by atoms with van der Waals surface area (Å²) in [7, 11) is 0. The first kappa shape index (κ1) is 19.0. The van der Waals surface area contributed by atoms with Crippen molar-refractivity contribution in [2.45, 2.75) is 89.1 Å². The Morgan fingerprint density at radius 2 is 1.73 bits per heavy atom. The molecule has 5 atom stereocenters. The van der Waals surface area contributed by atoms with Gasteiger partial charge in [0.1, 0.15) is 0 Å². The molecule has 5 aliphatic rings. The van der Waals surface area contributed by atoms with Gasteiger partial charge in [0, 0.05) is 12.3 Å². The van der Waals surface area contributed by atoms with E-state index in [1.54, 1.807) is 5.57 Å². The third kappa shape index (κ3) is 2.68. The van der Waals surface area contributed by atoms with E-state index in [1.165, 1.54) is 35.1 Å². The molecule has 0 spiro atoms. The van der Waals surface area contributed by atoms with Crippen LogP contribution >= 0.6 is 0 Å². The van der Waals surface area contributed by atoms with Gasteiger partial charge in [0.2, 0.25) is 0 Å². The summed E-state index contributed by atoms with van der Waals surface area (Å²) >= 11 is 0. The molecule has 1 N–H and O–H groups in total. The Balaban J connectivity index is 1.47. The van der Waals surface area contributed by atoms with Crippen LogP contribution in [0.15, 0.2) is 47.1 Å². The van der Waals surface area contributed by atoms with Crippen molar-refractivity contribution in [3.8, 4) is 0 Å². The van der Waals surface area contributed by atoms with E-state index in [0.717, 1.165) is 38.5 Å².